The molecule has 2 aromatic carbocycles. The maximum absolute atomic E-state index is 8.57. The van der Waals surface area contributed by atoms with Crippen molar-refractivity contribution in [3.8, 4) is 11.5 Å². The number of hydrogen-bond donors (Lipinski definition) is 4. The highest BCUT2D eigenvalue weighted by molar-refractivity contribution is 6.16. The number of aromatic nitrogens is 2. The lowest BCUT2D eigenvalue weighted by atomic mass is 10.0. The zero-order valence-corrected chi connectivity index (χ0v) is 15.1. The van der Waals surface area contributed by atoms with Gasteiger partial charge in [0.25, 0.3) is 0 Å². The third kappa shape index (κ3) is 4.59. The molecule has 3 rings (SSSR count). The molecule has 0 radical (unpaired) electrons. The van der Waals surface area contributed by atoms with Crippen molar-refractivity contribution in [1.82, 2.24) is 15.3 Å². The van der Waals surface area contributed by atoms with E-state index in [2.05, 4.69) is 20.6 Å². The van der Waals surface area contributed by atoms with Crippen molar-refractivity contribution in [2.24, 2.45) is 0 Å². The lowest BCUT2D eigenvalue weighted by Crippen LogP contribution is -2.20. The average Bonchev–Trinajstić information content (AvgIpc) is 2.69. The third-order valence-corrected chi connectivity index (χ3v) is 3.92. The summed E-state index contributed by atoms with van der Waals surface area (Å²) >= 11 is 0. The van der Waals surface area contributed by atoms with Crippen molar-refractivity contribution in [2.45, 2.75) is 0 Å². The fourth-order valence-corrected chi connectivity index (χ4v) is 2.54. The van der Waals surface area contributed by atoms with Crippen LogP contribution in [0.4, 0.5) is 11.6 Å². The van der Waals surface area contributed by atoms with Crippen LogP contribution in [-0.4, -0.2) is 35.8 Å². The lowest BCUT2D eigenvalue weighted by Gasteiger charge is -2.14. The van der Waals surface area contributed by atoms with Gasteiger partial charge in [-0.15, -0.1) is 0 Å². The van der Waals surface area contributed by atoms with Crippen LogP contribution in [0.5, 0.6) is 11.5 Å². The van der Waals surface area contributed by atoms with E-state index in [9.17, 15) is 0 Å². The minimum Gasteiger partial charge on any atom is -0.457 e. The second kappa shape index (κ2) is 8.77. The average molecular weight is 362 g/mol. The van der Waals surface area contributed by atoms with Crippen molar-refractivity contribution < 1.29 is 4.74 Å². The Morgan fingerprint density at radius 3 is 2.41 bits per heavy atom. The number of likely N-dealkylation sites (N-methyl/N-ethyl adjacent to an activating group) is 1. The van der Waals surface area contributed by atoms with Gasteiger partial charge in [0.1, 0.15) is 29.5 Å². The summed E-state index contributed by atoms with van der Waals surface area (Å²) in [6, 6.07) is 16.8. The molecule has 0 atom stereocenters. The topological polar surface area (TPSA) is 109 Å². The molecule has 5 N–H and O–H groups in total. The van der Waals surface area contributed by atoms with E-state index >= 15 is 0 Å². The summed E-state index contributed by atoms with van der Waals surface area (Å²) in [5, 5.41) is 14.8. The minimum atomic E-state index is 0.256. The molecule has 0 aliphatic rings. The van der Waals surface area contributed by atoms with E-state index in [0.717, 1.165) is 12.3 Å². The summed E-state index contributed by atoms with van der Waals surface area (Å²) in [6.45, 7) is 1.43. The van der Waals surface area contributed by atoms with Crippen LogP contribution >= 0.6 is 0 Å². The molecule has 0 aliphatic heterocycles. The maximum atomic E-state index is 8.57. The Morgan fingerprint density at radius 1 is 1.00 bits per heavy atom. The first-order valence-electron chi connectivity index (χ1n) is 8.60. The van der Waals surface area contributed by atoms with E-state index in [-0.39, 0.29) is 11.5 Å². The van der Waals surface area contributed by atoms with E-state index in [1.54, 1.807) is 0 Å². The van der Waals surface area contributed by atoms with Crippen LogP contribution in [-0.2, 0) is 0 Å². The Hall–Kier alpha value is -3.45. The highest BCUT2D eigenvalue weighted by Crippen LogP contribution is 2.25. The molecular weight excluding hydrogens is 340 g/mol. The zero-order valence-electron chi connectivity index (χ0n) is 15.1. The van der Waals surface area contributed by atoms with E-state index in [1.165, 1.54) is 6.33 Å². The summed E-state index contributed by atoms with van der Waals surface area (Å²) in [4.78, 5) is 8.27. The molecule has 0 unspecified atom stereocenters. The Labute approximate surface area is 158 Å². The van der Waals surface area contributed by atoms with Gasteiger partial charge in [0, 0.05) is 18.7 Å². The monoisotopic (exact) mass is 362 g/mol. The molecule has 0 fully saturated rings. The van der Waals surface area contributed by atoms with Gasteiger partial charge in [-0.05, 0) is 43.4 Å². The van der Waals surface area contributed by atoms with Gasteiger partial charge in [0.15, 0.2) is 0 Å². The van der Waals surface area contributed by atoms with Crippen molar-refractivity contribution in [3.05, 3.63) is 72.1 Å². The molecule has 0 spiro atoms. The van der Waals surface area contributed by atoms with E-state index < -0.39 is 0 Å². The van der Waals surface area contributed by atoms with Gasteiger partial charge in [-0.3, -0.25) is 5.41 Å². The van der Waals surface area contributed by atoms with Crippen molar-refractivity contribution in [1.29, 1.82) is 5.41 Å². The summed E-state index contributed by atoms with van der Waals surface area (Å²) < 4.78 is 5.79. The van der Waals surface area contributed by atoms with Gasteiger partial charge in [-0.2, -0.15) is 0 Å². The number of hydrogen-bond acceptors (Lipinski definition) is 7. The number of benzene rings is 2. The summed E-state index contributed by atoms with van der Waals surface area (Å²) in [5.41, 5.74) is 7.47. The highest BCUT2D eigenvalue weighted by Gasteiger charge is 2.16. The molecule has 1 heterocycles. The molecule has 0 aliphatic carbocycles. The first kappa shape index (κ1) is 18.3. The molecule has 0 bridgehead atoms. The van der Waals surface area contributed by atoms with Gasteiger partial charge in [0.05, 0.1) is 11.3 Å². The Kier molecular flexibility index (Phi) is 5.96. The van der Waals surface area contributed by atoms with Crippen LogP contribution in [0.1, 0.15) is 11.1 Å². The number of ether oxygens (including phenoxy) is 1. The van der Waals surface area contributed by atoms with Crippen LogP contribution < -0.4 is 21.1 Å². The largest absolute Gasteiger partial charge is 0.457 e. The number of nitrogens with one attached hydrogen (secondary N) is 3. The molecule has 0 amide bonds. The number of nitrogens with zero attached hydrogens (tertiary/aromatic N) is 2. The molecule has 27 heavy (non-hydrogen) atoms. The number of para-hydroxylation sites is 1. The third-order valence-electron chi connectivity index (χ3n) is 3.92. The molecule has 0 saturated carbocycles. The van der Waals surface area contributed by atoms with Gasteiger partial charge in [-0.25, -0.2) is 9.97 Å². The Balaban J connectivity index is 1.79. The number of anilines is 2. The number of nitrogens with two attached hydrogens (primary N) is 1. The Bertz CT molecular complexity index is 896. The second-order valence-corrected chi connectivity index (χ2v) is 5.83. The van der Waals surface area contributed by atoms with Gasteiger partial charge >= 0.3 is 0 Å². The van der Waals surface area contributed by atoms with Gasteiger partial charge in [-0.1, -0.05) is 18.2 Å². The summed E-state index contributed by atoms with van der Waals surface area (Å²) in [6.07, 6.45) is 1.39. The molecule has 0 saturated heterocycles. The number of rotatable bonds is 8. The summed E-state index contributed by atoms with van der Waals surface area (Å²) in [5.74, 6) is 2.28. The van der Waals surface area contributed by atoms with E-state index in [1.807, 2.05) is 61.6 Å². The predicted molar refractivity (Wildman–Crippen MR) is 108 cm³/mol. The molecule has 7 heteroatoms. The first-order valence-corrected chi connectivity index (χ1v) is 8.60. The lowest BCUT2D eigenvalue weighted by molar-refractivity contribution is 0.482. The van der Waals surface area contributed by atoms with Crippen molar-refractivity contribution in [3.63, 3.8) is 0 Å². The standard InChI is InChI=1S/C20H22N6O/c1-23-11-12-24-20-17(19(22)25-13-26-20)18(21)14-7-9-16(10-8-14)27-15-5-3-2-4-6-15/h2-10,13,21,23H,11-12H2,1H3,(H3,22,24,25,26). The minimum absolute atomic E-state index is 0.256. The summed E-state index contributed by atoms with van der Waals surface area (Å²) in [7, 11) is 1.87. The first-order chi connectivity index (χ1) is 13.2. The quantitative estimate of drug-likeness (QED) is 0.362. The van der Waals surface area contributed by atoms with Gasteiger partial charge < -0.3 is 21.1 Å². The highest BCUT2D eigenvalue weighted by atomic mass is 16.5. The van der Waals surface area contributed by atoms with E-state index in [0.29, 0.717) is 29.2 Å². The van der Waals surface area contributed by atoms with Crippen molar-refractivity contribution >= 4 is 17.3 Å². The van der Waals surface area contributed by atoms with Crippen LogP contribution in [0.3, 0.4) is 0 Å². The fraction of sp³-hybridized carbons (Fsp3) is 0.150. The van der Waals surface area contributed by atoms with E-state index in [4.69, 9.17) is 15.9 Å². The zero-order chi connectivity index (χ0) is 19.1. The molecule has 1 aromatic heterocycles. The van der Waals surface area contributed by atoms with Crippen LogP contribution in [0.2, 0.25) is 0 Å². The smallest absolute Gasteiger partial charge is 0.141 e. The van der Waals surface area contributed by atoms with Crippen LogP contribution in [0.25, 0.3) is 0 Å². The maximum Gasteiger partial charge on any atom is 0.141 e. The number of nitrogen functional groups attached to an aromatic ring is 1. The van der Waals surface area contributed by atoms with Crippen LogP contribution in [0.15, 0.2) is 60.9 Å². The SMILES string of the molecule is CNCCNc1ncnc(N)c1C(=N)c1ccc(Oc2ccccc2)cc1. The fourth-order valence-electron chi connectivity index (χ4n) is 2.54. The van der Waals surface area contributed by atoms with Crippen LogP contribution in [0, 0.1) is 5.41 Å². The van der Waals surface area contributed by atoms with Crippen molar-refractivity contribution in [2.75, 3.05) is 31.2 Å². The predicted octanol–water partition coefficient (Wildman–Crippen LogP) is 2.90. The molecule has 138 valence electrons. The molecular formula is C20H22N6O. The van der Waals surface area contributed by atoms with Gasteiger partial charge in [0.2, 0.25) is 0 Å². The molecule has 7 nitrogen and oxygen atoms in total. The normalized spacial score (nSPS) is 10.4. The Morgan fingerprint density at radius 2 is 1.70 bits per heavy atom. The second-order valence-electron chi connectivity index (χ2n) is 5.83. The molecule has 3 aromatic rings.